The standard InChI is InChI=1S/C36H45N9O11S/c1-19-9-11-36(55-2,12-10-19)56-14-13-45-27(47)15-25(32(45)50)57-18-24(34(53)54)41-26(46)8-7-23(33(51)52)42-30(48)20-3-5-21(6-4-20)38-16-22-17-39-29-28(40-22)31(49)44-35(37)43-29/h3-6,17,19,23-25,38H,7-16,18H2,1-2H3,(H,41,46)(H,42,48)(H,51,52)(H,53,54)(H3,37,39,43,44,49)/t19?,23-,24-,25?,36?/m0/s1. The minimum atomic E-state index is -1.48. The van der Waals surface area contributed by atoms with Crippen molar-refractivity contribution >= 4 is 70.1 Å². The van der Waals surface area contributed by atoms with Crippen LogP contribution >= 0.6 is 11.8 Å². The molecule has 1 aliphatic heterocycles. The maximum Gasteiger partial charge on any atom is 0.327 e. The van der Waals surface area contributed by atoms with Crippen LogP contribution in [0.25, 0.3) is 11.2 Å². The number of carboxylic acids is 2. The van der Waals surface area contributed by atoms with E-state index in [0.29, 0.717) is 30.1 Å². The van der Waals surface area contributed by atoms with E-state index in [2.05, 4.69) is 42.8 Å². The second-order valence-corrected chi connectivity index (χ2v) is 15.1. The molecule has 1 unspecified atom stereocenters. The molecular formula is C36H45N9O11S. The maximum absolute atomic E-state index is 13.0. The first kappa shape index (κ1) is 42.5. The predicted octanol–water partition coefficient (Wildman–Crippen LogP) is 0.870. The second-order valence-electron chi connectivity index (χ2n) is 13.8. The third kappa shape index (κ3) is 11.2. The molecule has 3 heterocycles. The minimum absolute atomic E-state index is 0.0206. The fourth-order valence-corrected chi connectivity index (χ4v) is 7.55. The Morgan fingerprint density at radius 3 is 2.42 bits per heavy atom. The summed E-state index contributed by atoms with van der Waals surface area (Å²) in [5.41, 5.74) is 6.25. The molecule has 1 aliphatic carbocycles. The van der Waals surface area contributed by atoms with Gasteiger partial charge in [-0.3, -0.25) is 33.9 Å². The number of aliphatic carboxylic acids is 2. The molecule has 3 atom stereocenters. The summed E-state index contributed by atoms with van der Waals surface area (Å²) in [6.45, 7) is 2.46. The number of carbonyl (C=O) groups excluding carboxylic acids is 4. The van der Waals surface area contributed by atoms with Crippen molar-refractivity contribution in [1.29, 1.82) is 0 Å². The number of carbonyl (C=O) groups is 6. The van der Waals surface area contributed by atoms with Gasteiger partial charge in [-0.25, -0.2) is 19.6 Å². The van der Waals surface area contributed by atoms with E-state index >= 15 is 0 Å². The number of aromatic amines is 1. The van der Waals surface area contributed by atoms with Gasteiger partial charge < -0.3 is 41.4 Å². The number of hydrogen-bond acceptors (Lipinski definition) is 15. The van der Waals surface area contributed by atoms with E-state index in [0.717, 1.165) is 29.5 Å². The predicted molar refractivity (Wildman–Crippen MR) is 205 cm³/mol. The van der Waals surface area contributed by atoms with Crippen molar-refractivity contribution in [2.75, 3.05) is 37.1 Å². The van der Waals surface area contributed by atoms with Gasteiger partial charge in [-0.1, -0.05) is 6.92 Å². The van der Waals surface area contributed by atoms with E-state index in [-0.39, 0.29) is 61.0 Å². The van der Waals surface area contributed by atoms with Gasteiger partial charge in [0, 0.05) is 49.8 Å². The van der Waals surface area contributed by atoms with E-state index < -0.39 is 70.7 Å². The van der Waals surface area contributed by atoms with Crippen LogP contribution in [-0.2, 0) is 40.0 Å². The summed E-state index contributed by atoms with van der Waals surface area (Å²) in [7, 11) is 1.57. The lowest BCUT2D eigenvalue weighted by molar-refractivity contribution is -0.242. The van der Waals surface area contributed by atoms with Gasteiger partial charge in [0.05, 0.1) is 36.8 Å². The van der Waals surface area contributed by atoms with E-state index in [9.17, 15) is 43.8 Å². The number of thioether (sulfide) groups is 1. The third-order valence-electron chi connectivity index (χ3n) is 9.76. The van der Waals surface area contributed by atoms with E-state index in [4.69, 9.17) is 15.2 Å². The molecule has 1 saturated carbocycles. The fraction of sp³-hybridized carbons (Fsp3) is 0.500. The van der Waals surface area contributed by atoms with Gasteiger partial charge in [-0.15, -0.1) is 11.8 Å². The molecule has 57 heavy (non-hydrogen) atoms. The Balaban J connectivity index is 1.05. The number of anilines is 2. The second kappa shape index (κ2) is 19.0. The van der Waals surface area contributed by atoms with Crippen LogP contribution < -0.4 is 27.2 Å². The number of methoxy groups -OCH3 is 1. The summed E-state index contributed by atoms with van der Waals surface area (Å²) in [6, 6.07) is 3.13. The topological polar surface area (TPSA) is 298 Å². The molecule has 2 fully saturated rings. The van der Waals surface area contributed by atoms with Crippen LogP contribution in [0.5, 0.6) is 0 Å². The smallest absolute Gasteiger partial charge is 0.327 e. The summed E-state index contributed by atoms with van der Waals surface area (Å²) in [6.07, 6.45) is 3.82. The van der Waals surface area contributed by atoms with Crippen LogP contribution in [-0.4, -0.2) is 120 Å². The van der Waals surface area contributed by atoms with Gasteiger partial charge in [0.15, 0.2) is 17.0 Å². The van der Waals surface area contributed by atoms with Crippen molar-refractivity contribution < 1.29 is 48.5 Å². The first-order valence-corrected chi connectivity index (χ1v) is 19.3. The number of aromatic nitrogens is 4. The highest BCUT2D eigenvalue weighted by Crippen LogP contribution is 2.35. The number of likely N-dealkylation sites (tertiary alicyclic amines) is 1. The Morgan fingerprint density at radius 2 is 1.75 bits per heavy atom. The highest BCUT2D eigenvalue weighted by Gasteiger charge is 2.41. The first-order valence-electron chi connectivity index (χ1n) is 18.2. The fourth-order valence-electron chi connectivity index (χ4n) is 6.37. The Morgan fingerprint density at radius 1 is 1.05 bits per heavy atom. The zero-order chi connectivity index (χ0) is 41.3. The molecule has 1 saturated heterocycles. The SMILES string of the molecule is COC1(OCCN2C(=O)CC(SC[C@H](NC(=O)CC[C@H](NC(=O)c3ccc(NCc4cnc5nc(N)[nH]c(=O)c5n4)cc3)C(=O)O)C(=O)O)C2=O)CCC(C)CC1. The Bertz CT molecular complexity index is 2040. The van der Waals surface area contributed by atoms with Crippen LogP contribution in [0.3, 0.4) is 0 Å². The van der Waals surface area contributed by atoms with Crippen molar-refractivity contribution in [3.8, 4) is 0 Å². The van der Waals surface area contributed by atoms with E-state index in [1.165, 1.54) is 18.3 Å². The molecule has 2 aromatic heterocycles. The normalized spacial score (nSPS) is 20.6. The van der Waals surface area contributed by atoms with Gasteiger partial charge >= 0.3 is 11.9 Å². The van der Waals surface area contributed by atoms with Crippen molar-refractivity contribution in [3.63, 3.8) is 0 Å². The quantitative estimate of drug-likeness (QED) is 0.0653. The molecule has 0 radical (unpaired) electrons. The molecule has 20 nitrogen and oxygen atoms in total. The van der Waals surface area contributed by atoms with E-state index in [1.807, 2.05) is 0 Å². The molecule has 1 aromatic carbocycles. The van der Waals surface area contributed by atoms with Crippen molar-refractivity contribution in [2.24, 2.45) is 5.92 Å². The number of imide groups is 1. The van der Waals surface area contributed by atoms with Crippen LogP contribution in [0.4, 0.5) is 11.6 Å². The van der Waals surface area contributed by atoms with Crippen LogP contribution in [0, 0.1) is 5.92 Å². The summed E-state index contributed by atoms with van der Waals surface area (Å²) in [4.78, 5) is 103. The third-order valence-corrected chi connectivity index (χ3v) is 11.1. The lowest BCUT2D eigenvalue weighted by atomic mass is 9.86. The molecular weight excluding hydrogens is 767 g/mol. The molecule has 21 heteroatoms. The average Bonchev–Trinajstić information content (AvgIpc) is 3.45. The number of hydrogen-bond donors (Lipinski definition) is 7. The molecule has 3 aromatic rings. The number of nitrogens with zero attached hydrogens (tertiary/aromatic N) is 4. The molecule has 0 bridgehead atoms. The zero-order valence-electron chi connectivity index (χ0n) is 31.3. The van der Waals surface area contributed by atoms with Gasteiger partial charge in [0.25, 0.3) is 11.5 Å². The monoisotopic (exact) mass is 811 g/mol. The lowest BCUT2D eigenvalue weighted by Crippen LogP contribution is -2.45. The molecule has 4 amide bonds. The molecule has 5 rings (SSSR count). The van der Waals surface area contributed by atoms with Gasteiger partial charge in [-0.2, -0.15) is 4.98 Å². The van der Waals surface area contributed by atoms with Gasteiger partial charge in [-0.05, 0) is 49.4 Å². The summed E-state index contributed by atoms with van der Waals surface area (Å²) in [5, 5.41) is 26.4. The van der Waals surface area contributed by atoms with Crippen LogP contribution in [0.2, 0.25) is 0 Å². The minimum Gasteiger partial charge on any atom is -0.480 e. The highest BCUT2D eigenvalue weighted by molar-refractivity contribution is 8.00. The first-order chi connectivity index (χ1) is 27.2. The summed E-state index contributed by atoms with van der Waals surface area (Å²) < 4.78 is 11.6. The van der Waals surface area contributed by atoms with Crippen LogP contribution in [0.15, 0.2) is 35.3 Å². The van der Waals surface area contributed by atoms with Crippen molar-refractivity contribution in [3.05, 3.63) is 52.1 Å². The molecule has 0 spiro atoms. The number of carboxylic acid groups (broad SMARTS) is 2. The lowest BCUT2D eigenvalue weighted by Gasteiger charge is -2.38. The summed E-state index contributed by atoms with van der Waals surface area (Å²) in [5.74, 6) is -5.67. The number of H-pyrrole nitrogens is 1. The highest BCUT2D eigenvalue weighted by atomic mass is 32.2. The van der Waals surface area contributed by atoms with Crippen molar-refractivity contribution in [1.82, 2.24) is 35.5 Å². The average molecular weight is 812 g/mol. The Kier molecular flexibility index (Phi) is 14.1. The van der Waals surface area contributed by atoms with Crippen molar-refractivity contribution in [2.45, 2.75) is 81.5 Å². The zero-order valence-corrected chi connectivity index (χ0v) is 32.1. The number of rotatable bonds is 19. The van der Waals surface area contributed by atoms with Crippen LogP contribution in [0.1, 0.15) is 67.9 Å². The number of nitrogens with two attached hydrogens (primary N) is 1. The number of benzene rings is 1. The number of nitrogens with one attached hydrogen (secondary N) is 4. The molecule has 8 N–H and O–H groups in total. The molecule has 2 aliphatic rings. The number of fused-ring (bicyclic) bond motifs is 1. The molecule has 306 valence electrons. The number of ether oxygens (including phenoxy) is 2. The Labute approximate surface area is 330 Å². The summed E-state index contributed by atoms with van der Waals surface area (Å²) >= 11 is 0.930. The number of nitrogen functional groups attached to an aromatic ring is 1. The van der Waals surface area contributed by atoms with Gasteiger partial charge in [0.2, 0.25) is 23.7 Å². The Hall–Kier alpha value is -5.67. The number of amides is 4. The maximum atomic E-state index is 13.0. The van der Waals surface area contributed by atoms with E-state index in [1.54, 1.807) is 19.2 Å². The largest absolute Gasteiger partial charge is 0.480 e. The van der Waals surface area contributed by atoms with Gasteiger partial charge in [0.1, 0.15) is 12.1 Å².